The van der Waals surface area contributed by atoms with E-state index in [1.165, 1.54) is 6.08 Å². The van der Waals surface area contributed by atoms with Crippen LogP contribution in [-0.4, -0.2) is 23.6 Å². The molecule has 0 unspecified atom stereocenters. The van der Waals surface area contributed by atoms with E-state index in [0.717, 1.165) is 0 Å². The molecule has 0 radical (unpaired) electrons. The molecule has 0 fully saturated rings. The van der Waals surface area contributed by atoms with Gasteiger partial charge in [0.15, 0.2) is 0 Å². The number of nitrogens with zero attached hydrogens (tertiary/aromatic N) is 1. The molecule has 0 aromatic carbocycles. The Labute approximate surface area is 58.8 Å². The normalized spacial score (nSPS) is 7.70. The first-order chi connectivity index (χ1) is 4.77. The lowest BCUT2D eigenvalue weighted by molar-refractivity contribution is -0.135. The fraction of sp³-hybridized carbons (Fsp3) is 0.500. The molecule has 0 saturated heterocycles. The van der Waals surface area contributed by atoms with Crippen LogP contribution in [0.3, 0.4) is 0 Å². The summed E-state index contributed by atoms with van der Waals surface area (Å²) < 4.78 is 0. The van der Waals surface area contributed by atoms with E-state index in [0.29, 0.717) is 6.61 Å². The van der Waals surface area contributed by atoms with Crippen LogP contribution in [0, 0.1) is 0 Å². The third-order valence-corrected chi connectivity index (χ3v) is 0.614. The highest BCUT2D eigenvalue weighted by atomic mass is 16.6. The molecule has 0 saturated carbocycles. The highest BCUT2D eigenvalue weighted by Crippen LogP contribution is 1.76. The first kappa shape index (κ1) is 8.72. The summed E-state index contributed by atoms with van der Waals surface area (Å²) in [5.41, 5.74) is 0. The number of rotatable bonds is 4. The molecule has 0 aliphatic rings. The Morgan fingerprint density at radius 3 is 3.10 bits per heavy atom. The predicted octanol–water partition coefficient (Wildman–Crippen LogP) is 0.639. The monoisotopic (exact) mass is 143 g/mol. The van der Waals surface area contributed by atoms with Crippen molar-refractivity contribution < 1.29 is 14.7 Å². The van der Waals surface area contributed by atoms with Crippen LogP contribution in [-0.2, 0) is 9.63 Å². The van der Waals surface area contributed by atoms with Crippen molar-refractivity contribution in [3.05, 3.63) is 6.08 Å². The summed E-state index contributed by atoms with van der Waals surface area (Å²) >= 11 is 0. The van der Waals surface area contributed by atoms with Crippen molar-refractivity contribution in [2.24, 2.45) is 5.16 Å². The molecule has 0 bridgehead atoms. The van der Waals surface area contributed by atoms with Crippen LogP contribution >= 0.6 is 0 Å². The molecule has 0 aromatic heterocycles. The number of carboxylic acids is 1. The van der Waals surface area contributed by atoms with Gasteiger partial charge in [-0.3, -0.25) is 4.79 Å². The van der Waals surface area contributed by atoms with E-state index in [9.17, 15) is 4.79 Å². The van der Waals surface area contributed by atoms with Crippen LogP contribution in [0.5, 0.6) is 0 Å². The summed E-state index contributed by atoms with van der Waals surface area (Å²) in [7, 11) is 0. The molecule has 4 nitrogen and oxygen atoms in total. The van der Waals surface area contributed by atoms with Gasteiger partial charge in [-0.2, -0.15) is 0 Å². The topological polar surface area (TPSA) is 58.9 Å². The van der Waals surface area contributed by atoms with Crippen LogP contribution in [0.2, 0.25) is 0 Å². The highest BCUT2D eigenvalue weighted by molar-refractivity contribution is 5.71. The first-order valence-electron chi connectivity index (χ1n) is 2.88. The maximum Gasteiger partial charge on any atom is 0.307 e. The molecule has 0 heterocycles. The van der Waals surface area contributed by atoms with Crippen molar-refractivity contribution in [3.8, 4) is 0 Å². The van der Waals surface area contributed by atoms with Gasteiger partial charge in [-0.1, -0.05) is 0 Å². The van der Waals surface area contributed by atoms with Crippen LogP contribution in [0.25, 0.3) is 0 Å². The van der Waals surface area contributed by atoms with Gasteiger partial charge in [0.2, 0.25) is 0 Å². The number of carboxylic acid groups (broad SMARTS) is 1. The molecule has 0 atom stereocenters. The van der Waals surface area contributed by atoms with Crippen molar-refractivity contribution >= 4 is 11.8 Å². The lowest BCUT2D eigenvalue weighted by atomic mass is 10.4. The number of aliphatic carboxylic acids is 1. The zero-order valence-electron chi connectivity index (χ0n) is 5.70. The summed E-state index contributed by atoms with van der Waals surface area (Å²) in [6.45, 7) is 2.25. The Morgan fingerprint density at radius 1 is 1.90 bits per heavy atom. The minimum atomic E-state index is -0.904. The summed E-state index contributed by atoms with van der Waals surface area (Å²) in [5.74, 6) is 1.41. The Balaban J connectivity index is 3.44. The molecular weight excluding hydrogens is 134 g/mol. The van der Waals surface area contributed by atoms with Crippen molar-refractivity contribution in [1.29, 1.82) is 0 Å². The fourth-order valence-corrected chi connectivity index (χ4v) is 0.272. The predicted molar refractivity (Wildman–Crippen MR) is 35.9 cm³/mol. The van der Waals surface area contributed by atoms with Gasteiger partial charge < -0.3 is 9.94 Å². The second kappa shape index (κ2) is 5.85. The second-order valence-corrected chi connectivity index (χ2v) is 1.44. The van der Waals surface area contributed by atoms with Crippen molar-refractivity contribution in [2.45, 2.75) is 13.3 Å². The molecule has 10 heavy (non-hydrogen) atoms. The molecular formula is C6H9NO3. The minimum absolute atomic E-state index is 0.0728. The molecule has 0 amide bonds. The van der Waals surface area contributed by atoms with E-state index in [-0.39, 0.29) is 6.42 Å². The average Bonchev–Trinajstić information content (AvgIpc) is 1.87. The molecule has 0 rings (SSSR count). The largest absolute Gasteiger partial charge is 0.481 e. The molecule has 1 N–H and O–H groups in total. The molecule has 4 heteroatoms. The lowest BCUT2D eigenvalue weighted by Crippen LogP contribution is -1.89. The van der Waals surface area contributed by atoms with E-state index in [2.05, 4.69) is 15.9 Å². The Hall–Kier alpha value is -1.28. The highest BCUT2D eigenvalue weighted by Gasteiger charge is 1.86. The van der Waals surface area contributed by atoms with Crippen LogP contribution in [0.1, 0.15) is 13.3 Å². The van der Waals surface area contributed by atoms with Gasteiger partial charge in [0.05, 0.1) is 6.42 Å². The first-order valence-corrected chi connectivity index (χ1v) is 2.88. The Kier molecular flexibility index (Phi) is 5.10. The maximum absolute atomic E-state index is 9.88. The number of hydrogen-bond acceptors (Lipinski definition) is 3. The number of hydrogen-bond donors (Lipinski definition) is 1. The molecule has 0 aliphatic carbocycles. The van der Waals surface area contributed by atoms with Gasteiger partial charge >= 0.3 is 5.97 Å². The summed E-state index contributed by atoms with van der Waals surface area (Å²) in [6, 6.07) is 0. The fourth-order valence-electron chi connectivity index (χ4n) is 0.272. The number of carbonyl (C=O) groups is 1. The van der Waals surface area contributed by atoms with Crippen LogP contribution in [0.15, 0.2) is 11.2 Å². The zero-order chi connectivity index (χ0) is 7.82. The van der Waals surface area contributed by atoms with E-state index >= 15 is 0 Å². The van der Waals surface area contributed by atoms with E-state index < -0.39 is 5.97 Å². The summed E-state index contributed by atoms with van der Waals surface area (Å²) in [4.78, 5) is 14.4. The van der Waals surface area contributed by atoms with Crippen molar-refractivity contribution in [2.75, 3.05) is 6.61 Å². The minimum Gasteiger partial charge on any atom is -0.481 e. The van der Waals surface area contributed by atoms with Gasteiger partial charge in [-0.05, 0) is 18.2 Å². The third kappa shape index (κ3) is 6.72. The zero-order valence-corrected chi connectivity index (χ0v) is 5.70. The summed E-state index contributed by atoms with van der Waals surface area (Å²) in [5, 5.41) is 11.4. The average molecular weight is 143 g/mol. The van der Waals surface area contributed by atoms with Gasteiger partial charge in [-0.25, -0.2) is 0 Å². The van der Waals surface area contributed by atoms with Crippen LogP contribution in [0.4, 0.5) is 0 Å². The molecule has 56 valence electrons. The van der Waals surface area contributed by atoms with Gasteiger partial charge in [0.1, 0.15) is 6.61 Å². The van der Waals surface area contributed by atoms with E-state index in [1.807, 2.05) is 0 Å². The SMILES string of the molecule is CCON=C=CCC(=O)O. The molecule has 0 aromatic rings. The smallest absolute Gasteiger partial charge is 0.307 e. The van der Waals surface area contributed by atoms with E-state index in [4.69, 9.17) is 5.11 Å². The Morgan fingerprint density at radius 2 is 2.60 bits per heavy atom. The van der Waals surface area contributed by atoms with Crippen molar-refractivity contribution in [3.63, 3.8) is 0 Å². The second-order valence-electron chi connectivity index (χ2n) is 1.44. The molecule has 0 spiro atoms. The molecule has 0 aliphatic heterocycles. The Bertz CT molecular complexity index is 158. The quantitative estimate of drug-likeness (QED) is 0.464. The van der Waals surface area contributed by atoms with Gasteiger partial charge in [-0.15, -0.1) is 0 Å². The standard InChI is InChI=1S/C6H9NO3/c1-2-10-7-5-3-4-6(8)9/h3H,2,4H2,1H3,(H,8,9). The summed E-state index contributed by atoms with van der Waals surface area (Å²) in [6.07, 6.45) is 1.22. The van der Waals surface area contributed by atoms with Crippen LogP contribution < -0.4 is 0 Å². The van der Waals surface area contributed by atoms with Gasteiger partial charge in [0.25, 0.3) is 0 Å². The third-order valence-electron chi connectivity index (χ3n) is 0.614. The lowest BCUT2D eigenvalue weighted by Gasteiger charge is -1.83. The maximum atomic E-state index is 9.88. The van der Waals surface area contributed by atoms with Crippen molar-refractivity contribution in [1.82, 2.24) is 0 Å². The van der Waals surface area contributed by atoms with E-state index in [1.54, 1.807) is 6.92 Å². The van der Waals surface area contributed by atoms with Gasteiger partial charge in [0, 0.05) is 5.87 Å².